The molecule has 1 aliphatic rings. The summed E-state index contributed by atoms with van der Waals surface area (Å²) in [6, 6.07) is 0.338. The summed E-state index contributed by atoms with van der Waals surface area (Å²) in [6.07, 6.45) is 3.77. The van der Waals surface area contributed by atoms with E-state index < -0.39 is 0 Å². The second kappa shape index (κ2) is 6.86. The van der Waals surface area contributed by atoms with E-state index in [1.165, 1.54) is 13.5 Å². The molecule has 1 fully saturated rings. The SMILES string of the molecule is COC(=O)CN(CC1CCCCO1)C(C)C. The Labute approximate surface area is 97.9 Å². The largest absolute Gasteiger partial charge is 0.468 e. The van der Waals surface area contributed by atoms with Crippen LogP contribution in [0.25, 0.3) is 0 Å². The molecule has 1 rings (SSSR count). The van der Waals surface area contributed by atoms with E-state index >= 15 is 0 Å². The van der Waals surface area contributed by atoms with Crippen LogP contribution in [0.4, 0.5) is 0 Å². The first-order valence-electron chi connectivity index (χ1n) is 6.06. The Morgan fingerprint density at radius 3 is 2.75 bits per heavy atom. The number of esters is 1. The van der Waals surface area contributed by atoms with Crippen molar-refractivity contribution in [3.8, 4) is 0 Å². The van der Waals surface area contributed by atoms with E-state index in [9.17, 15) is 4.79 Å². The Hall–Kier alpha value is -0.610. The lowest BCUT2D eigenvalue weighted by molar-refractivity contribution is -0.143. The van der Waals surface area contributed by atoms with Crippen LogP contribution in [0, 0.1) is 0 Å². The maximum absolute atomic E-state index is 11.3. The van der Waals surface area contributed by atoms with Crippen molar-refractivity contribution < 1.29 is 14.3 Å². The fraction of sp³-hybridized carbons (Fsp3) is 0.917. The van der Waals surface area contributed by atoms with Crippen molar-refractivity contribution >= 4 is 5.97 Å². The number of carbonyl (C=O) groups is 1. The first-order chi connectivity index (χ1) is 7.63. The Bertz CT molecular complexity index is 212. The van der Waals surface area contributed by atoms with Crippen molar-refractivity contribution in [3.05, 3.63) is 0 Å². The molecule has 0 aromatic heterocycles. The topological polar surface area (TPSA) is 38.8 Å². The molecular weight excluding hydrogens is 206 g/mol. The van der Waals surface area contributed by atoms with Crippen molar-refractivity contribution in [1.29, 1.82) is 0 Å². The molecule has 0 amide bonds. The van der Waals surface area contributed by atoms with Crippen molar-refractivity contribution in [3.63, 3.8) is 0 Å². The van der Waals surface area contributed by atoms with Gasteiger partial charge >= 0.3 is 5.97 Å². The van der Waals surface area contributed by atoms with Crippen LogP contribution in [0.5, 0.6) is 0 Å². The zero-order valence-electron chi connectivity index (χ0n) is 10.6. The highest BCUT2D eigenvalue weighted by Crippen LogP contribution is 2.15. The van der Waals surface area contributed by atoms with Gasteiger partial charge in [0.1, 0.15) is 0 Å². The number of hydrogen-bond acceptors (Lipinski definition) is 4. The third-order valence-corrected chi connectivity index (χ3v) is 3.00. The van der Waals surface area contributed by atoms with Gasteiger partial charge in [-0.25, -0.2) is 0 Å². The van der Waals surface area contributed by atoms with Crippen molar-refractivity contribution in [2.24, 2.45) is 0 Å². The highest BCUT2D eigenvalue weighted by atomic mass is 16.5. The van der Waals surface area contributed by atoms with E-state index in [0.717, 1.165) is 26.0 Å². The number of ether oxygens (including phenoxy) is 2. The lowest BCUT2D eigenvalue weighted by atomic mass is 10.1. The molecule has 0 spiro atoms. The monoisotopic (exact) mass is 229 g/mol. The third-order valence-electron chi connectivity index (χ3n) is 3.00. The summed E-state index contributed by atoms with van der Waals surface area (Å²) < 4.78 is 10.4. The normalized spacial score (nSPS) is 21.4. The second-order valence-corrected chi connectivity index (χ2v) is 4.59. The maximum Gasteiger partial charge on any atom is 0.319 e. The summed E-state index contributed by atoms with van der Waals surface area (Å²) in [5.74, 6) is -0.176. The predicted octanol–water partition coefficient (Wildman–Crippen LogP) is 1.44. The van der Waals surface area contributed by atoms with Gasteiger partial charge < -0.3 is 9.47 Å². The van der Waals surface area contributed by atoms with Crippen molar-refractivity contribution in [2.45, 2.75) is 45.3 Å². The Kier molecular flexibility index (Phi) is 5.77. The smallest absolute Gasteiger partial charge is 0.319 e. The molecular formula is C12H23NO3. The van der Waals surface area contributed by atoms with Crippen LogP contribution in [0.2, 0.25) is 0 Å². The first kappa shape index (κ1) is 13.5. The summed E-state index contributed by atoms with van der Waals surface area (Å²) in [7, 11) is 1.43. The minimum atomic E-state index is -0.176. The van der Waals surface area contributed by atoms with Crippen molar-refractivity contribution in [1.82, 2.24) is 4.90 Å². The van der Waals surface area contributed by atoms with Gasteiger partial charge in [-0.05, 0) is 33.1 Å². The molecule has 0 bridgehead atoms. The first-order valence-corrected chi connectivity index (χ1v) is 6.06. The molecule has 16 heavy (non-hydrogen) atoms. The minimum absolute atomic E-state index is 0.176. The molecule has 4 heteroatoms. The summed E-state index contributed by atoms with van der Waals surface area (Å²) in [5.41, 5.74) is 0. The molecule has 94 valence electrons. The summed E-state index contributed by atoms with van der Waals surface area (Å²) in [6.45, 7) is 6.22. The standard InChI is InChI=1S/C12H23NO3/c1-10(2)13(9-12(14)15-3)8-11-6-4-5-7-16-11/h10-11H,4-9H2,1-3H3. The van der Waals surface area contributed by atoms with Gasteiger partial charge in [-0.15, -0.1) is 0 Å². The van der Waals surface area contributed by atoms with Gasteiger partial charge in [0.15, 0.2) is 0 Å². The zero-order valence-corrected chi connectivity index (χ0v) is 10.6. The van der Waals surface area contributed by atoms with E-state index in [-0.39, 0.29) is 12.1 Å². The summed E-state index contributed by atoms with van der Waals surface area (Å²) in [5, 5.41) is 0. The van der Waals surface area contributed by atoms with E-state index in [1.807, 2.05) is 0 Å². The van der Waals surface area contributed by atoms with Crippen LogP contribution in [-0.4, -0.2) is 49.8 Å². The predicted molar refractivity (Wildman–Crippen MR) is 62.3 cm³/mol. The molecule has 0 aromatic rings. The van der Waals surface area contributed by atoms with Crippen LogP contribution in [0.1, 0.15) is 33.1 Å². The molecule has 1 atom stereocenters. The average molecular weight is 229 g/mol. The van der Waals surface area contributed by atoms with Gasteiger partial charge in [0, 0.05) is 19.2 Å². The fourth-order valence-electron chi connectivity index (χ4n) is 1.90. The quantitative estimate of drug-likeness (QED) is 0.669. The minimum Gasteiger partial charge on any atom is -0.468 e. The molecule has 1 aliphatic heterocycles. The molecule has 4 nitrogen and oxygen atoms in total. The van der Waals surface area contributed by atoms with E-state index in [2.05, 4.69) is 18.7 Å². The van der Waals surface area contributed by atoms with Gasteiger partial charge in [0.05, 0.1) is 19.8 Å². The average Bonchev–Trinajstić information content (AvgIpc) is 2.29. The maximum atomic E-state index is 11.3. The lowest BCUT2D eigenvalue weighted by Gasteiger charge is -2.31. The highest BCUT2D eigenvalue weighted by molar-refractivity contribution is 5.71. The number of methoxy groups -OCH3 is 1. The van der Waals surface area contributed by atoms with E-state index in [1.54, 1.807) is 0 Å². The molecule has 1 heterocycles. The van der Waals surface area contributed by atoms with Gasteiger partial charge in [0.25, 0.3) is 0 Å². The molecule has 1 unspecified atom stereocenters. The lowest BCUT2D eigenvalue weighted by Crippen LogP contribution is -2.42. The number of nitrogens with zero attached hydrogens (tertiary/aromatic N) is 1. The van der Waals surface area contributed by atoms with Crippen LogP contribution in [0.15, 0.2) is 0 Å². The van der Waals surface area contributed by atoms with Crippen molar-refractivity contribution in [2.75, 3.05) is 26.8 Å². The molecule has 0 aliphatic carbocycles. The van der Waals surface area contributed by atoms with Gasteiger partial charge in [-0.1, -0.05) is 0 Å². The third kappa shape index (κ3) is 4.49. The number of rotatable bonds is 5. The second-order valence-electron chi connectivity index (χ2n) is 4.59. The molecule has 0 saturated carbocycles. The Morgan fingerprint density at radius 2 is 2.25 bits per heavy atom. The zero-order chi connectivity index (χ0) is 12.0. The van der Waals surface area contributed by atoms with Gasteiger partial charge in [-0.3, -0.25) is 9.69 Å². The summed E-state index contributed by atoms with van der Waals surface area (Å²) in [4.78, 5) is 13.4. The fourth-order valence-corrected chi connectivity index (χ4v) is 1.90. The Balaban J connectivity index is 2.40. The molecule has 0 aromatic carbocycles. The molecule has 1 saturated heterocycles. The summed E-state index contributed by atoms with van der Waals surface area (Å²) >= 11 is 0. The number of hydrogen-bond donors (Lipinski definition) is 0. The van der Waals surface area contributed by atoms with E-state index in [0.29, 0.717) is 12.6 Å². The van der Waals surface area contributed by atoms with Crippen LogP contribution < -0.4 is 0 Å². The molecule has 0 N–H and O–H groups in total. The van der Waals surface area contributed by atoms with Crippen LogP contribution in [-0.2, 0) is 14.3 Å². The van der Waals surface area contributed by atoms with Gasteiger partial charge in [0.2, 0.25) is 0 Å². The Morgan fingerprint density at radius 1 is 1.50 bits per heavy atom. The van der Waals surface area contributed by atoms with E-state index in [4.69, 9.17) is 9.47 Å². The number of carbonyl (C=O) groups excluding carboxylic acids is 1. The van der Waals surface area contributed by atoms with Crippen LogP contribution >= 0.6 is 0 Å². The van der Waals surface area contributed by atoms with Crippen LogP contribution in [0.3, 0.4) is 0 Å². The molecule has 0 radical (unpaired) electrons. The highest BCUT2D eigenvalue weighted by Gasteiger charge is 2.21. The van der Waals surface area contributed by atoms with Gasteiger partial charge in [-0.2, -0.15) is 0 Å².